The van der Waals surface area contributed by atoms with Crippen molar-refractivity contribution in [3.05, 3.63) is 90.1 Å². The van der Waals surface area contributed by atoms with Crippen LogP contribution in [-0.2, 0) is 16.0 Å². The number of rotatable bonds is 8. The lowest BCUT2D eigenvalue weighted by Gasteiger charge is -2.24. The molecule has 0 N–H and O–H groups in total. The largest absolute Gasteiger partial charge is 0.378 e. The molecule has 5 nitrogen and oxygen atoms in total. The highest BCUT2D eigenvalue weighted by atomic mass is 35.5. The van der Waals surface area contributed by atoms with Crippen LogP contribution >= 0.6 is 23.2 Å². The standard InChI is InChI=1S/C14H14Cl2N2O.C8H13NO/c1-2-7-19-14(9-18-6-5-17-10-18)12-4-3-11(15)8-13(12)16;1-2-3-4-9-5-7-10-8-6-9/h2-6,8,10,14H,1,7,9H2;2-4H,1,5-8H2. The van der Waals surface area contributed by atoms with Crippen LogP contribution in [0.2, 0.25) is 10.0 Å². The third-order valence-corrected chi connectivity index (χ3v) is 4.70. The van der Waals surface area contributed by atoms with Crippen LogP contribution in [0.4, 0.5) is 0 Å². The van der Waals surface area contributed by atoms with Gasteiger partial charge in [0.2, 0.25) is 0 Å². The molecule has 1 aromatic heterocycles. The number of allylic oxidation sites excluding steroid dienone is 2. The second-order valence-corrected chi connectivity index (χ2v) is 7.11. The van der Waals surface area contributed by atoms with Crippen LogP contribution in [0.3, 0.4) is 0 Å². The molecule has 0 amide bonds. The smallest absolute Gasteiger partial charge is 0.102 e. The third kappa shape index (κ3) is 8.46. The second-order valence-electron chi connectivity index (χ2n) is 6.26. The van der Waals surface area contributed by atoms with E-state index in [0.717, 1.165) is 31.9 Å². The van der Waals surface area contributed by atoms with Crippen LogP contribution in [-0.4, -0.2) is 47.4 Å². The van der Waals surface area contributed by atoms with Crippen molar-refractivity contribution in [2.75, 3.05) is 32.9 Å². The van der Waals surface area contributed by atoms with Gasteiger partial charge in [0.1, 0.15) is 6.10 Å². The summed E-state index contributed by atoms with van der Waals surface area (Å²) in [6.07, 6.45) is 12.7. The van der Waals surface area contributed by atoms with E-state index in [1.807, 2.05) is 22.9 Å². The molecule has 1 aliphatic heterocycles. The van der Waals surface area contributed by atoms with Gasteiger partial charge in [-0.25, -0.2) is 4.98 Å². The van der Waals surface area contributed by atoms with Gasteiger partial charge in [0, 0.05) is 41.1 Å². The highest BCUT2D eigenvalue weighted by molar-refractivity contribution is 6.35. The Labute approximate surface area is 182 Å². The molecule has 2 heterocycles. The maximum absolute atomic E-state index is 6.23. The molecule has 0 saturated carbocycles. The Morgan fingerprint density at radius 1 is 1.24 bits per heavy atom. The van der Waals surface area contributed by atoms with Gasteiger partial charge in [-0.05, 0) is 24.4 Å². The zero-order valence-electron chi connectivity index (χ0n) is 16.4. The van der Waals surface area contributed by atoms with Gasteiger partial charge in [-0.15, -0.1) is 6.58 Å². The normalized spacial score (nSPS) is 14.9. The summed E-state index contributed by atoms with van der Waals surface area (Å²) in [5.74, 6) is 0. The molecule has 1 aliphatic rings. The summed E-state index contributed by atoms with van der Waals surface area (Å²) in [7, 11) is 0. The minimum Gasteiger partial charge on any atom is -0.378 e. The molecule has 7 heteroatoms. The molecule has 1 atom stereocenters. The number of morpholine rings is 1. The van der Waals surface area contributed by atoms with Crippen LogP contribution in [0.25, 0.3) is 0 Å². The Morgan fingerprint density at radius 2 is 2.03 bits per heavy atom. The number of halogens is 2. The minimum atomic E-state index is -0.169. The molecule has 0 radical (unpaired) electrons. The van der Waals surface area contributed by atoms with Crippen molar-refractivity contribution in [2.45, 2.75) is 12.6 Å². The summed E-state index contributed by atoms with van der Waals surface area (Å²) < 4.78 is 12.9. The van der Waals surface area contributed by atoms with Gasteiger partial charge >= 0.3 is 0 Å². The number of ether oxygens (including phenoxy) is 2. The van der Waals surface area contributed by atoms with E-state index in [9.17, 15) is 0 Å². The van der Waals surface area contributed by atoms with Crippen molar-refractivity contribution in [2.24, 2.45) is 0 Å². The molecule has 29 heavy (non-hydrogen) atoms. The molecule has 2 aromatic rings. The number of hydrogen-bond donors (Lipinski definition) is 0. The number of imidazole rings is 1. The van der Waals surface area contributed by atoms with Gasteiger partial charge in [-0.2, -0.15) is 0 Å². The lowest BCUT2D eigenvalue weighted by molar-refractivity contribution is 0.0594. The van der Waals surface area contributed by atoms with Gasteiger partial charge in [0.05, 0.1) is 32.7 Å². The summed E-state index contributed by atoms with van der Waals surface area (Å²) in [4.78, 5) is 6.25. The van der Waals surface area contributed by atoms with E-state index in [-0.39, 0.29) is 6.10 Å². The van der Waals surface area contributed by atoms with E-state index in [1.54, 1.807) is 36.8 Å². The average molecular weight is 436 g/mol. The summed E-state index contributed by atoms with van der Waals surface area (Å²) in [5, 5.41) is 1.21. The first-order chi connectivity index (χ1) is 14.1. The predicted octanol–water partition coefficient (Wildman–Crippen LogP) is 5.15. The fourth-order valence-electron chi connectivity index (χ4n) is 2.68. The fraction of sp³-hybridized carbons (Fsp3) is 0.318. The van der Waals surface area contributed by atoms with Gasteiger partial charge in [0.25, 0.3) is 0 Å². The summed E-state index contributed by atoms with van der Waals surface area (Å²) in [6.45, 7) is 12.1. The van der Waals surface area contributed by atoms with Crippen molar-refractivity contribution in [3.8, 4) is 0 Å². The SMILES string of the molecule is C=CC=CN1CCOCC1.C=CCOC(Cn1ccnc1)c1ccc(Cl)cc1Cl. The second kappa shape index (κ2) is 13.2. The van der Waals surface area contributed by atoms with Crippen LogP contribution < -0.4 is 0 Å². The quantitative estimate of drug-likeness (QED) is 0.424. The Hall–Kier alpha value is -2.05. The van der Waals surface area contributed by atoms with Gasteiger partial charge in [-0.1, -0.05) is 48.0 Å². The Balaban J connectivity index is 0.000000253. The van der Waals surface area contributed by atoms with Crippen LogP contribution in [0.5, 0.6) is 0 Å². The lowest BCUT2D eigenvalue weighted by atomic mass is 10.1. The highest BCUT2D eigenvalue weighted by Gasteiger charge is 2.16. The first-order valence-electron chi connectivity index (χ1n) is 9.38. The first kappa shape index (κ1) is 23.2. The van der Waals surface area contributed by atoms with E-state index < -0.39 is 0 Å². The van der Waals surface area contributed by atoms with Gasteiger partial charge in [0.15, 0.2) is 0 Å². The van der Waals surface area contributed by atoms with E-state index in [2.05, 4.69) is 29.2 Å². The first-order valence-corrected chi connectivity index (χ1v) is 10.1. The molecule has 1 fully saturated rings. The molecule has 1 saturated heterocycles. The van der Waals surface area contributed by atoms with Crippen molar-refractivity contribution >= 4 is 23.2 Å². The van der Waals surface area contributed by atoms with Crippen molar-refractivity contribution < 1.29 is 9.47 Å². The molecule has 0 bridgehead atoms. The molecule has 1 unspecified atom stereocenters. The lowest BCUT2D eigenvalue weighted by Crippen LogP contribution is -2.31. The van der Waals surface area contributed by atoms with Gasteiger partial charge < -0.3 is 18.9 Å². The van der Waals surface area contributed by atoms with Crippen molar-refractivity contribution in [3.63, 3.8) is 0 Å². The topological polar surface area (TPSA) is 39.5 Å². The van der Waals surface area contributed by atoms with E-state index in [4.69, 9.17) is 32.7 Å². The number of aromatic nitrogens is 2. The van der Waals surface area contributed by atoms with Crippen LogP contribution in [0, 0.1) is 0 Å². The molecular weight excluding hydrogens is 409 g/mol. The van der Waals surface area contributed by atoms with Crippen molar-refractivity contribution in [1.29, 1.82) is 0 Å². The molecule has 0 spiro atoms. The third-order valence-electron chi connectivity index (χ3n) is 4.14. The summed E-state index contributed by atoms with van der Waals surface area (Å²) in [5.41, 5.74) is 0.904. The molecule has 0 aliphatic carbocycles. The highest BCUT2D eigenvalue weighted by Crippen LogP contribution is 2.29. The monoisotopic (exact) mass is 435 g/mol. The van der Waals surface area contributed by atoms with Crippen LogP contribution in [0.15, 0.2) is 74.5 Å². The Bertz CT molecular complexity index is 772. The molecule has 3 rings (SSSR count). The predicted molar refractivity (Wildman–Crippen MR) is 119 cm³/mol. The van der Waals surface area contributed by atoms with E-state index in [1.165, 1.54) is 0 Å². The Morgan fingerprint density at radius 3 is 2.66 bits per heavy atom. The number of hydrogen-bond acceptors (Lipinski definition) is 4. The van der Waals surface area contributed by atoms with Gasteiger partial charge in [-0.3, -0.25) is 0 Å². The number of nitrogens with zero attached hydrogens (tertiary/aromatic N) is 3. The van der Waals surface area contributed by atoms with E-state index in [0.29, 0.717) is 23.2 Å². The summed E-state index contributed by atoms with van der Waals surface area (Å²) in [6, 6.07) is 5.41. The fourth-order valence-corrected chi connectivity index (χ4v) is 3.21. The number of benzene rings is 1. The maximum Gasteiger partial charge on any atom is 0.102 e. The maximum atomic E-state index is 6.23. The molecular formula is C22H27Cl2N3O2. The zero-order valence-corrected chi connectivity index (χ0v) is 17.9. The zero-order chi connectivity index (χ0) is 20.9. The van der Waals surface area contributed by atoms with E-state index >= 15 is 0 Å². The molecule has 156 valence electrons. The minimum absolute atomic E-state index is 0.169. The summed E-state index contributed by atoms with van der Waals surface area (Å²) >= 11 is 12.1. The Kier molecular flexibility index (Phi) is 10.6. The van der Waals surface area contributed by atoms with Crippen molar-refractivity contribution in [1.82, 2.24) is 14.5 Å². The van der Waals surface area contributed by atoms with Crippen LogP contribution in [0.1, 0.15) is 11.7 Å². The average Bonchev–Trinajstić information content (AvgIpc) is 3.24. The molecule has 1 aromatic carbocycles.